The third-order valence-electron chi connectivity index (χ3n) is 2.63. The zero-order valence-corrected chi connectivity index (χ0v) is 10.8. The molecule has 4 nitrogen and oxygen atoms in total. The van der Waals surface area contributed by atoms with Gasteiger partial charge in [-0.05, 0) is 18.4 Å². The first-order valence-electron chi connectivity index (χ1n) is 6.16. The molecule has 100 valence electrons. The molecule has 0 unspecified atom stereocenters. The Kier molecular flexibility index (Phi) is 4.66. The number of aromatic nitrogens is 2. The van der Waals surface area contributed by atoms with Crippen LogP contribution in [0.1, 0.15) is 12.0 Å². The van der Waals surface area contributed by atoms with Gasteiger partial charge in [0.15, 0.2) is 0 Å². The molecule has 0 aliphatic rings. The number of aryl methyl sites for hydroxylation is 1. The number of rotatable bonds is 6. The maximum absolute atomic E-state index is 13.4. The summed E-state index contributed by atoms with van der Waals surface area (Å²) in [6.45, 7) is 0.423. The van der Waals surface area contributed by atoms with Crippen molar-refractivity contribution < 1.29 is 9.13 Å². The molecule has 0 spiro atoms. The van der Waals surface area contributed by atoms with Crippen molar-refractivity contribution in [1.82, 2.24) is 9.97 Å². The Bertz CT molecular complexity index is 519. The summed E-state index contributed by atoms with van der Waals surface area (Å²) in [4.78, 5) is 7.67. The van der Waals surface area contributed by atoms with Gasteiger partial charge in [-0.3, -0.25) is 0 Å². The molecule has 1 aromatic carbocycles. The van der Waals surface area contributed by atoms with Gasteiger partial charge in [0.25, 0.3) is 5.88 Å². The van der Waals surface area contributed by atoms with Crippen LogP contribution in [0.25, 0.3) is 0 Å². The Morgan fingerprint density at radius 1 is 1.26 bits per heavy atom. The topological polar surface area (TPSA) is 47.0 Å². The molecule has 2 rings (SSSR count). The molecule has 0 saturated carbocycles. The Balaban J connectivity index is 1.82. The summed E-state index contributed by atoms with van der Waals surface area (Å²) in [5.41, 5.74) is 1.24. The highest BCUT2D eigenvalue weighted by molar-refractivity contribution is 5.27. The van der Waals surface area contributed by atoms with Crippen LogP contribution in [-0.4, -0.2) is 23.6 Å². The van der Waals surface area contributed by atoms with E-state index in [0.717, 1.165) is 19.0 Å². The largest absolute Gasteiger partial charge is 0.475 e. The Hall–Kier alpha value is -2.17. The predicted octanol–water partition coefficient (Wildman–Crippen LogP) is 2.67. The van der Waals surface area contributed by atoms with Crippen molar-refractivity contribution in [1.29, 1.82) is 0 Å². The normalized spacial score (nSPS) is 10.2. The molecular weight excluding hydrogens is 245 g/mol. The molecule has 5 heteroatoms. The Labute approximate surface area is 111 Å². The first kappa shape index (κ1) is 13.3. The summed E-state index contributed by atoms with van der Waals surface area (Å²) < 4.78 is 18.7. The fourth-order valence-corrected chi connectivity index (χ4v) is 1.66. The number of benzene rings is 1. The lowest BCUT2D eigenvalue weighted by Gasteiger charge is -2.07. The van der Waals surface area contributed by atoms with E-state index in [4.69, 9.17) is 4.74 Å². The van der Waals surface area contributed by atoms with Crippen molar-refractivity contribution in [2.24, 2.45) is 0 Å². The minimum atomic E-state index is -0.543. The zero-order valence-electron chi connectivity index (χ0n) is 10.8. The molecule has 0 saturated heterocycles. The summed E-state index contributed by atoms with van der Waals surface area (Å²) in [6, 6.07) is 10.1. The second kappa shape index (κ2) is 6.68. The van der Waals surface area contributed by atoms with E-state index in [1.54, 1.807) is 7.05 Å². The smallest absolute Gasteiger partial charge is 0.255 e. The van der Waals surface area contributed by atoms with Crippen LogP contribution in [0.5, 0.6) is 5.88 Å². The number of nitrogens with one attached hydrogen (secondary N) is 1. The predicted molar refractivity (Wildman–Crippen MR) is 71.8 cm³/mol. The SMILES string of the molecule is CNc1ncc(F)c(OCCCc2ccccc2)n1. The molecule has 0 amide bonds. The van der Waals surface area contributed by atoms with Gasteiger partial charge in [0.2, 0.25) is 11.8 Å². The summed E-state index contributed by atoms with van der Waals surface area (Å²) in [5, 5.41) is 2.74. The number of nitrogens with zero attached hydrogens (tertiary/aromatic N) is 2. The van der Waals surface area contributed by atoms with Crippen molar-refractivity contribution in [2.75, 3.05) is 19.0 Å². The van der Waals surface area contributed by atoms with Gasteiger partial charge < -0.3 is 10.1 Å². The maximum Gasteiger partial charge on any atom is 0.255 e. The molecule has 0 aliphatic heterocycles. The van der Waals surface area contributed by atoms with Crippen LogP contribution in [0.2, 0.25) is 0 Å². The number of halogens is 1. The van der Waals surface area contributed by atoms with E-state index in [1.807, 2.05) is 18.2 Å². The molecule has 0 atom stereocenters. The van der Waals surface area contributed by atoms with Gasteiger partial charge >= 0.3 is 0 Å². The number of hydrogen-bond donors (Lipinski definition) is 1. The van der Waals surface area contributed by atoms with Gasteiger partial charge in [0.1, 0.15) is 0 Å². The van der Waals surface area contributed by atoms with E-state index in [1.165, 1.54) is 5.56 Å². The number of ether oxygens (including phenoxy) is 1. The summed E-state index contributed by atoms with van der Waals surface area (Å²) in [7, 11) is 1.67. The summed E-state index contributed by atoms with van der Waals surface area (Å²) in [6.07, 6.45) is 2.81. The number of hydrogen-bond acceptors (Lipinski definition) is 4. The Morgan fingerprint density at radius 3 is 2.79 bits per heavy atom. The lowest BCUT2D eigenvalue weighted by molar-refractivity contribution is 0.282. The first-order valence-corrected chi connectivity index (χ1v) is 6.16. The van der Waals surface area contributed by atoms with E-state index in [9.17, 15) is 4.39 Å². The van der Waals surface area contributed by atoms with E-state index < -0.39 is 5.82 Å². The van der Waals surface area contributed by atoms with Crippen molar-refractivity contribution in [2.45, 2.75) is 12.8 Å². The molecule has 2 aromatic rings. The van der Waals surface area contributed by atoms with Gasteiger partial charge in [-0.2, -0.15) is 9.37 Å². The van der Waals surface area contributed by atoms with Crippen molar-refractivity contribution in [3.05, 3.63) is 47.9 Å². The monoisotopic (exact) mass is 261 g/mol. The third-order valence-corrected chi connectivity index (χ3v) is 2.63. The highest BCUT2D eigenvalue weighted by atomic mass is 19.1. The minimum absolute atomic E-state index is 0.00703. The summed E-state index contributed by atoms with van der Waals surface area (Å²) >= 11 is 0. The third kappa shape index (κ3) is 3.91. The van der Waals surface area contributed by atoms with Crippen LogP contribution in [0.3, 0.4) is 0 Å². The van der Waals surface area contributed by atoms with Crippen molar-refractivity contribution >= 4 is 5.95 Å². The van der Waals surface area contributed by atoms with E-state index in [2.05, 4.69) is 27.4 Å². The minimum Gasteiger partial charge on any atom is -0.475 e. The lowest BCUT2D eigenvalue weighted by Crippen LogP contribution is -2.05. The fourth-order valence-electron chi connectivity index (χ4n) is 1.66. The second-order valence-electron chi connectivity index (χ2n) is 4.03. The van der Waals surface area contributed by atoms with Crippen LogP contribution < -0.4 is 10.1 Å². The molecule has 1 heterocycles. The molecule has 0 aliphatic carbocycles. The van der Waals surface area contributed by atoms with Gasteiger partial charge in [0.05, 0.1) is 12.8 Å². The summed E-state index contributed by atoms with van der Waals surface area (Å²) in [5.74, 6) is -0.203. The van der Waals surface area contributed by atoms with Gasteiger partial charge in [0, 0.05) is 7.05 Å². The standard InChI is InChI=1S/C14H16FN3O/c1-16-14-17-10-12(15)13(18-14)19-9-5-8-11-6-3-2-4-7-11/h2-4,6-7,10H,5,8-9H2,1H3,(H,16,17,18). The number of anilines is 1. The average molecular weight is 261 g/mol. The van der Waals surface area contributed by atoms with Crippen LogP contribution >= 0.6 is 0 Å². The quantitative estimate of drug-likeness (QED) is 0.812. The highest BCUT2D eigenvalue weighted by Gasteiger charge is 2.07. The van der Waals surface area contributed by atoms with Crippen LogP contribution in [0.15, 0.2) is 36.5 Å². The second-order valence-corrected chi connectivity index (χ2v) is 4.03. The van der Waals surface area contributed by atoms with Crippen LogP contribution in [-0.2, 0) is 6.42 Å². The van der Waals surface area contributed by atoms with Crippen molar-refractivity contribution in [3.8, 4) is 5.88 Å². The average Bonchev–Trinajstić information content (AvgIpc) is 2.46. The van der Waals surface area contributed by atoms with Crippen LogP contribution in [0, 0.1) is 5.82 Å². The van der Waals surface area contributed by atoms with Crippen molar-refractivity contribution in [3.63, 3.8) is 0 Å². The highest BCUT2D eigenvalue weighted by Crippen LogP contribution is 2.14. The van der Waals surface area contributed by atoms with Gasteiger partial charge in [-0.1, -0.05) is 30.3 Å². The first-order chi connectivity index (χ1) is 9.29. The molecule has 1 aromatic heterocycles. The fraction of sp³-hybridized carbons (Fsp3) is 0.286. The van der Waals surface area contributed by atoms with E-state index in [0.29, 0.717) is 12.6 Å². The zero-order chi connectivity index (χ0) is 13.5. The van der Waals surface area contributed by atoms with Crippen LogP contribution in [0.4, 0.5) is 10.3 Å². The van der Waals surface area contributed by atoms with E-state index in [-0.39, 0.29) is 5.88 Å². The lowest BCUT2D eigenvalue weighted by atomic mass is 10.1. The van der Waals surface area contributed by atoms with E-state index >= 15 is 0 Å². The Morgan fingerprint density at radius 2 is 2.05 bits per heavy atom. The molecule has 19 heavy (non-hydrogen) atoms. The molecule has 0 fully saturated rings. The van der Waals surface area contributed by atoms with Gasteiger partial charge in [-0.25, -0.2) is 4.98 Å². The van der Waals surface area contributed by atoms with Gasteiger partial charge in [-0.15, -0.1) is 0 Å². The molecule has 1 N–H and O–H groups in total. The molecular formula is C14H16FN3O. The molecule has 0 radical (unpaired) electrons. The molecule has 0 bridgehead atoms. The maximum atomic E-state index is 13.4.